The first-order valence-electron chi connectivity index (χ1n) is 7.37. The number of aromatic nitrogens is 1. The predicted molar refractivity (Wildman–Crippen MR) is 88.1 cm³/mol. The summed E-state index contributed by atoms with van der Waals surface area (Å²) < 4.78 is 8.90. The Labute approximate surface area is 142 Å². The Hall–Kier alpha value is -2.74. The van der Waals surface area contributed by atoms with Crippen molar-refractivity contribution in [1.82, 2.24) is 9.69 Å². The number of carbonyl (C=O) groups excluding carboxylic acids is 3. The molecule has 8 heteroatoms. The van der Waals surface area contributed by atoms with Crippen molar-refractivity contribution in [2.45, 2.75) is 18.9 Å². The number of nitrogen functional groups attached to an aromatic ring is 1. The first-order valence-corrected chi connectivity index (χ1v) is 8.15. The number of ketones is 1. The van der Waals surface area contributed by atoms with E-state index in [4.69, 9.17) is 10.5 Å². The van der Waals surface area contributed by atoms with Gasteiger partial charge in [0.2, 0.25) is 0 Å². The number of nitrogens with zero attached hydrogens (tertiary/aromatic N) is 1. The van der Waals surface area contributed by atoms with Crippen LogP contribution in [0.4, 0.5) is 5.69 Å². The van der Waals surface area contributed by atoms with Gasteiger partial charge in [-0.1, -0.05) is 30.3 Å². The third kappa shape index (κ3) is 3.60. The summed E-state index contributed by atoms with van der Waals surface area (Å²) in [5, 5.41) is 2.75. The second kappa shape index (κ2) is 6.79. The van der Waals surface area contributed by atoms with Crippen LogP contribution in [0.5, 0.6) is 0 Å². The van der Waals surface area contributed by atoms with Gasteiger partial charge in [-0.25, -0.2) is 4.79 Å². The second-order valence-corrected chi connectivity index (χ2v) is 6.16. The average Bonchev–Trinajstić information content (AvgIpc) is 3.32. The molecule has 1 saturated carbocycles. The Balaban J connectivity index is 1.62. The summed E-state index contributed by atoms with van der Waals surface area (Å²) in [5.74, 6) is -1.48. The maximum absolute atomic E-state index is 12.1. The number of rotatable bonds is 6. The zero-order chi connectivity index (χ0) is 17.1. The summed E-state index contributed by atoms with van der Waals surface area (Å²) in [6.45, 7) is -0.399. The Morgan fingerprint density at radius 3 is 2.62 bits per heavy atom. The van der Waals surface area contributed by atoms with E-state index in [-0.39, 0.29) is 28.1 Å². The fourth-order valence-corrected chi connectivity index (χ4v) is 2.69. The number of benzene rings is 1. The molecule has 1 aromatic carbocycles. The lowest BCUT2D eigenvalue weighted by Crippen LogP contribution is -2.26. The van der Waals surface area contributed by atoms with Gasteiger partial charge in [0.05, 0.1) is 5.69 Å². The first kappa shape index (κ1) is 16.1. The minimum atomic E-state index is -0.764. The van der Waals surface area contributed by atoms with Crippen LogP contribution in [0.2, 0.25) is 0 Å². The summed E-state index contributed by atoms with van der Waals surface area (Å²) in [7, 11) is 0. The highest BCUT2D eigenvalue weighted by molar-refractivity contribution is 7.08. The maximum atomic E-state index is 12.1. The Morgan fingerprint density at radius 2 is 1.96 bits per heavy atom. The van der Waals surface area contributed by atoms with Crippen molar-refractivity contribution in [3.05, 3.63) is 46.5 Å². The Kier molecular flexibility index (Phi) is 4.57. The van der Waals surface area contributed by atoms with Crippen LogP contribution >= 0.6 is 11.5 Å². The minimum absolute atomic E-state index is 0.0182. The summed E-state index contributed by atoms with van der Waals surface area (Å²) in [6.07, 6.45) is 1.87. The van der Waals surface area contributed by atoms with Crippen LogP contribution in [0, 0.1) is 0 Å². The summed E-state index contributed by atoms with van der Waals surface area (Å²) in [6, 6.07) is 8.67. The quantitative estimate of drug-likeness (QED) is 0.608. The Bertz CT molecular complexity index is 784. The molecule has 0 aliphatic heterocycles. The summed E-state index contributed by atoms with van der Waals surface area (Å²) in [5.41, 5.74) is 6.27. The van der Waals surface area contributed by atoms with Gasteiger partial charge in [0, 0.05) is 11.6 Å². The molecule has 7 nitrogen and oxygen atoms in total. The van der Waals surface area contributed by atoms with E-state index in [0.717, 1.165) is 24.4 Å². The minimum Gasteiger partial charge on any atom is -0.453 e. The molecular weight excluding hydrogens is 330 g/mol. The van der Waals surface area contributed by atoms with E-state index in [0.29, 0.717) is 5.56 Å². The standard InChI is InChI=1S/C16H15N3O4S/c17-12-13(15(21)18-10-6-7-10)19-24-14(12)16(22)23-8-11(20)9-4-2-1-3-5-9/h1-5,10H,6-8,17H2,(H,18,21). The molecule has 1 heterocycles. The molecule has 0 spiro atoms. The van der Waals surface area contributed by atoms with Crippen molar-refractivity contribution in [3.8, 4) is 0 Å². The lowest BCUT2D eigenvalue weighted by Gasteiger charge is -2.04. The molecule has 1 aliphatic carbocycles. The van der Waals surface area contributed by atoms with Gasteiger partial charge in [0.25, 0.3) is 5.91 Å². The molecule has 1 aromatic heterocycles. The molecule has 2 aromatic rings. The van der Waals surface area contributed by atoms with Crippen molar-refractivity contribution in [1.29, 1.82) is 0 Å². The molecule has 0 saturated heterocycles. The molecule has 1 aliphatic rings. The van der Waals surface area contributed by atoms with Gasteiger partial charge in [-0.15, -0.1) is 0 Å². The normalized spacial score (nSPS) is 13.3. The third-order valence-corrected chi connectivity index (χ3v) is 4.31. The molecular formula is C16H15N3O4S. The van der Waals surface area contributed by atoms with Gasteiger partial charge in [0.1, 0.15) is 0 Å². The van der Waals surface area contributed by atoms with E-state index in [9.17, 15) is 14.4 Å². The first-order chi connectivity index (χ1) is 11.6. The number of hydrogen-bond acceptors (Lipinski definition) is 7. The van der Waals surface area contributed by atoms with E-state index in [1.54, 1.807) is 30.3 Å². The highest BCUT2D eigenvalue weighted by atomic mass is 32.1. The van der Waals surface area contributed by atoms with E-state index in [1.165, 1.54) is 0 Å². The van der Waals surface area contributed by atoms with E-state index in [1.807, 2.05) is 0 Å². The van der Waals surface area contributed by atoms with Crippen LogP contribution in [-0.4, -0.2) is 34.7 Å². The predicted octanol–water partition coefficient (Wildman–Crippen LogP) is 1.66. The number of anilines is 1. The van der Waals surface area contributed by atoms with Gasteiger partial charge >= 0.3 is 5.97 Å². The molecule has 3 rings (SSSR count). The number of carbonyl (C=O) groups is 3. The van der Waals surface area contributed by atoms with Crippen LogP contribution < -0.4 is 11.1 Å². The van der Waals surface area contributed by atoms with Crippen LogP contribution in [-0.2, 0) is 4.74 Å². The van der Waals surface area contributed by atoms with Crippen LogP contribution in [0.3, 0.4) is 0 Å². The monoisotopic (exact) mass is 345 g/mol. The number of nitrogens with two attached hydrogens (primary N) is 1. The number of esters is 1. The van der Waals surface area contributed by atoms with Crippen molar-refractivity contribution in [2.24, 2.45) is 0 Å². The van der Waals surface area contributed by atoms with Gasteiger partial charge in [-0.2, -0.15) is 4.37 Å². The lowest BCUT2D eigenvalue weighted by molar-refractivity contribution is 0.0480. The fourth-order valence-electron chi connectivity index (χ4n) is 1.99. The number of ether oxygens (including phenoxy) is 1. The smallest absolute Gasteiger partial charge is 0.352 e. The largest absolute Gasteiger partial charge is 0.453 e. The topological polar surface area (TPSA) is 111 Å². The number of Topliss-reactive ketones (excluding diaryl/α,β-unsaturated/α-hetero) is 1. The third-order valence-electron chi connectivity index (χ3n) is 3.47. The number of hydrogen-bond donors (Lipinski definition) is 2. The van der Waals surface area contributed by atoms with Crippen LogP contribution in [0.15, 0.2) is 30.3 Å². The lowest BCUT2D eigenvalue weighted by atomic mass is 10.1. The molecule has 0 unspecified atom stereocenters. The number of amides is 1. The zero-order valence-electron chi connectivity index (χ0n) is 12.7. The van der Waals surface area contributed by atoms with E-state index in [2.05, 4.69) is 9.69 Å². The highest BCUT2D eigenvalue weighted by Gasteiger charge is 2.28. The summed E-state index contributed by atoms with van der Waals surface area (Å²) in [4.78, 5) is 36.0. The van der Waals surface area contributed by atoms with Gasteiger partial charge in [0.15, 0.2) is 23.0 Å². The molecule has 1 amide bonds. The fraction of sp³-hybridized carbons (Fsp3) is 0.250. The van der Waals surface area contributed by atoms with Crippen LogP contribution in [0.25, 0.3) is 0 Å². The average molecular weight is 345 g/mol. The van der Waals surface area contributed by atoms with Crippen molar-refractivity contribution in [3.63, 3.8) is 0 Å². The molecule has 1 fully saturated rings. The molecule has 0 atom stereocenters. The second-order valence-electron chi connectivity index (χ2n) is 5.39. The molecule has 3 N–H and O–H groups in total. The molecule has 24 heavy (non-hydrogen) atoms. The Morgan fingerprint density at radius 1 is 1.25 bits per heavy atom. The van der Waals surface area contributed by atoms with Gasteiger partial charge < -0.3 is 15.8 Å². The van der Waals surface area contributed by atoms with Crippen molar-refractivity contribution in [2.75, 3.05) is 12.3 Å². The molecule has 124 valence electrons. The van der Waals surface area contributed by atoms with Gasteiger partial charge in [-0.05, 0) is 24.4 Å². The van der Waals surface area contributed by atoms with Crippen molar-refractivity contribution >= 4 is 34.9 Å². The molecule has 0 bridgehead atoms. The zero-order valence-corrected chi connectivity index (χ0v) is 13.5. The SMILES string of the molecule is Nc1c(C(=O)NC2CC2)nsc1C(=O)OCC(=O)c1ccccc1. The van der Waals surface area contributed by atoms with Gasteiger partial charge in [-0.3, -0.25) is 9.59 Å². The summed E-state index contributed by atoms with van der Waals surface area (Å²) >= 11 is 0.786. The molecule has 0 radical (unpaired) electrons. The van der Waals surface area contributed by atoms with E-state index >= 15 is 0 Å². The maximum Gasteiger partial charge on any atom is 0.352 e. The van der Waals surface area contributed by atoms with E-state index < -0.39 is 18.5 Å². The highest BCUT2D eigenvalue weighted by Crippen LogP contribution is 2.25. The number of nitrogens with one attached hydrogen (secondary N) is 1. The van der Waals surface area contributed by atoms with Crippen molar-refractivity contribution < 1.29 is 19.1 Å². The van der Waals surface area contributed by atoms with Crippen LogP contribution in [0.1, 0.15) is 43.4 Å².